The van der Waals surface area contributed by atoms with Crippen LogP contribution in [0.2, 0.25) is 0 Å². The van der Waals surface area contributed by atoms with E-state index in [1.807, 2.05) is 6.08 Å². The number of allylic oxidation sites excluding steroid dienone is 7. The Morgan fingerprint density at radius 2 is 0.934 bits per heavy atom. The molecule has 1 aliphatic rings. The van der Waals surface area contributed by atoms with Gasteiger partial charge < -0.3 is 40.3 Å². The highest BCUT2D eigenvalue weighted by Crippen LogP contribution is 2.23. The van der Waals surface area contributed by atoms with Gasteiger partial charge in [-0.05, 0) is 70.6 Å². The summed E-state index contributed by atoms with van der Waals surface area (Å²) in [6.45, 7) is 3.72. The van der Waals surface area contributed by atoms with Crippen LogP contribution in [-0.4, -0.2) is 87.5 Å². The lowest BCUT2D eigenvalue weighted by Crippen LogP contribution is -2.60. The third kappa shape index (κ3) is 32.5. The Morgan fingerprint density at radius 1 is 0.541 bits per heavy atom. The van der Waals surface area contributed by atoms with Crippen LogP contribution < -0.4 is 5.32 Å². The molecule has 1 fully saturated rings. The molecule has 0 aromatic carbocycles. The number of aliphatic hydroxyl groups excluding tert-OH is 5. The zero-order valence-corrected chi connectivity index (χ0v) is 39.2. The van der Waals surface area contributed by atoms with Crippen LogP contribution in [0, 0.1) is 0 Å². The van der Waals surface area contributed by atoms with Crippen LogP contribution in [0.1, 0.15) is 219 Å². The fourth-order valence-electron chi connectivity index (χ4n) is 7.77. The van der Waals surface area contributed by atoms with Crippen molar-refractivity contribution in [3.05, 3.63) is 48.6 Å². The third-order valence-electron chi connectivity index (χ3n) is 11.9. The van der Waals surface area contributed by atoms with Gasteiger partial charge in [0, 0.05) is 6.42 Å². The van der Waals surface area contributed by atoms with Crippen molar-refractivity contribution in [3.63, 3.8) is 0 Å². The first kappa shape index (κ1) is 57.2. The average molecular weight is 862 g/mol. The molecule has 6 N–H and O–H groups in total. The number of carbonyl (C=O) groups excluding carboxylic acids is 1. The average Bonchev–Trinajstić information content (AvgIpc) is 3.26. The molecule has 7 unspecified atom stereocenters. The molecule has 356 valence electrons. The van der Waals surface area contributed by atoms with Crippen molar-refractivity contribution in [2.24, 2.45) is 0 Å². The summed E-state index contributed by atoms with van der Waals surface area (Å²) in [7, 11) is 0. The van der Waals surface area contributed by atoms with E-state index in [1.165, 1.54) is 148 Å². The predicted octanol–water partition coefficient (Wildman–Crippen LogP) is 11.4. The van der Waals surface area contributed by atoms with Gasteiger partial charge >= 0.3 is 0 Å². The van der Waals surface area contributed by atoms with Crippen molar-refractivity contribution in [2.75, 3.05) is 13.2 Å². The van der Waals surface area contributed by atoms with E-state index in [4.69, 9.17) is 9.47 Å². The monoisotopic (exact) mass is 862 g/mol. The molecule has 1 aliphatic heterocycles. The number of nitrogens with one attached hydrogen (secondary N) is 1. The van der Waals surface area contributed by atoms with Crippen molar-refractivity contribution >= 4 is 5.91 Å². The van der Waals surface area contributed by atoms with Crippen LogP contribution in [0.15, 0.2) is 48.6 Å². The van der Waals surface area contributed by atoms with Gasteiger partial charge in [-0.2, -0.15) is 0 Å². The van der Waals surface area contributed by atoms with Crippen LogP contribution in [-0.2, 0) is 14.3 Å². The van der Waals surface area contributed by atoms with Gasteiger partial charge in [0.1, 0.15) is 24.4 Å². The summed E-state index contributed by atoms with van der Waals surface area (Å²) in [4.78, 5) is 13.0. The Labute approximate surface area is 373 Å². The molecule has 0 saturated carbocycles. The van der Waals surface area contributed by atoms with Crippen LogP contribution in [0.25, 0.3) is 0 Å². The highest BCUT2D eigenvalue weighted by Gasteiger charge is 2.44. The normalized spacial score (nSPS) is 20.8. The molecule has 9 heteroatoms. The highest BCUT2D eigenvalue weighted by atomic mass is 16.7. The van der Waals surface area contributed by atoms with Gasteiger partial charge in [-0.25, -0.2) is 0 Å². The molecule has 1 saturated heterocycles. The van der Waals surface area contributed by atoms with Gasteiger partial charge in [0.15, 0.2) is 6.29 Å². The van der Waals surface area contributed by atoms with Gasteiger partial charge in [0.2, 0.25) is 5.91 Å². The Morgan fingerprint density at radius 3 is 1.41 bits per heavy atom. The maximum atomic E-state index is 13.0. The second-order valence-corrected chi connectivity index (χ2v) is 17.6. The topological polar surface area (TPSA) is 149 Å². The van der Waals surface area contributed by atoms with E-state index in [1.54, 1.807) is 6.08 Å². The molecule has 1 amide bonds. The number of amides is 1. The smallest absolute Gasteiger partial charge is 0.220 e. The molecule has 0 aromatic heterocycles. The Balaban J connectivity index is 2.26. The van der Waals surface area contributed by atoms with E-state index in [9.17, 15) is 30.3 Å². The molecule has 61 heavy (non-hydrogen) atoms. The number of hydrogen-bond donors (Lipinski definition) is 6. The number of carbonyl (C=O) groups is 1. The lowest BCUT2D eigenvalue weighted by Gasteiger charge is -2.40. The van der Waals surface area contributed by atoms with Crippen molar-refractivity contribution in [1.82, 2.24) is 5.32 Å². The quantitative estimate of drug-likeness (QED) is 0.0262. The van der Waals surface area contributed by atoms with Gasteiger partial charge in [0.25, 0.3) is 0 Å². The van der Waals surface area contributed by atoms with E-state index >= 15 is 0 Å². The number of hydrogen-bond acceptors (Lipinski definition) is 8. The van der Waals surface area contributed by atoms with E-state index < -0.39 is 49.5 Å². The lowest BCUT2D eigenvalue weighted by atomic mass is 9.99. The summed E-state index contributed by atoms with van der Waals surface area (Å²) in [5.74, 6) is -0.194. The van der Waals surface area contributed by atoms with E-state index in [2.05, 4.69) is 55.6 Å². The van der Waals surface area contributed by atoms with E-state index in [-0.39, 0.29) is 12.5 Å². The lowest BCUT2D eigenvalue weighted by molar-refractivity contribution is -0.302. The Hall–Kier alpha value is -1.85. The fourth-order valence-corrected chi connectivity index (χ4v) is 7.77. The van der Waals surface area contributed by atoms with E-state index in [0.717, 1.165) is 51.4 Å². The summed E-state index contributed by atoms with van der Waals surface area (Å²) in [5.41, 5.74) is 0. The molecule has 0 aliphatic carbocycles. The van der Waals surface area contributed by atoms with Crippen LogP contribution in [0.4, 0.5) is 0 Å². The first-order chi connectivity index (χ1) is 29.8. The molecule has 1 rings (SSSR count). The fraction of sp³-hybridized carbons (Fsp3) is 0.827. The van der Waals surface area contributed by atoms with Crippen LogP contribution in [0.5, 0.6) is 0 Å². The molecule has 1 heterocycles. The largest absolute Gasteiger partial charge is 0.394 e. The molecule has 0 radical (unpaired) electrons. The first-order valence-electron chi connectivity index (χ1n) is 25.4. The zero-order chi connectivity index (χ0) is 44.4. The minimum Gasteiger partial charge on any atom is -0.394 e. The van der Waals surface area contributed by atoms with Gasteiger partial charge in [-0.3, -0.25) is 4.79 Å². The highest BCUT2D eigenvalue weighted by molar-refractivity contribution is 5.76. The van der Waals surface area contributed by atoms with Crippen molar-refractivity contribution in [3.8, 4) is 0 Å². The number of rotatable bonds is 42. The maximum Gasteiger partial charge on any atom is 0.220 e. The first-order valence-corrected chi connectivity index (χ1v) is 25.4. The molecule has 0 spiro atoms. The van der Waals surface area contributed by atoms with Crippen LogP contribution >= 0.6 is 0 Å². The number of unbranched alkanes of at least 4 members (excludes halogenated alkanes) is 26. The Bertz CT molecular complexity index is 1090. The number of ether oxygens (including phenoxy) is 2. The molecular formula is C52H95NO8. The maximum absolute atomic E-state index is 13.0. The number of aliphatic hydroxyl groups is 5. The van der Waals surface area contributed by atoms with Gasteiger partial charge in [0.05, 0.1) is 25.4 Å². The third-order valence-corrected chi connectivity index (χ3v) is 11.9. The van der Waals surface area contributed by atoms with Gasteiger partial charge in [-0.15, -0.1) is 0 Å². The Kier molecular flexibility index (Phi) is 39.5. The second-order valence-electron chi connectivity index (χ2n) is 17.6. The molecule has 7 atom stereocenters. The second kappa shape index (κ2) is 42.1. The summed E-state index contributed by atoms with van der Waals surface area (Å²) in [6.07, 6.45) is 47.4. The molecule has 0 bridgehead atoms. The predicted molar refractivity (Wildman–Crippen MR) is 253 cm³/mol. The van der Waals surface area contributed by atoms with Crippen LogP contribution in [0.3, 0.4) is 0 Å². The molecular weight excluding hydrogens is 767 g/mol. The SMILES string of the molecule is CCCCC/C=C/CC/C=C/CC/C=C/C(O)C(COC1OC(CO)C(O)C(O)C1O)NC(=O)CCCCCCCCCCC/C=C\CCCCCCCCCCCCCC. The summed E-state index contributed by atoms with van der Waals surface area (Å²) in [6, 6.07) is -0.828. The van der Waals surface area contributed by atoms with Crippen molar-refractivity contribution in [1.29, 1.82) is 0 Å². The summed E-state index contributed by atoms with van der Waals surface area (Å²) >= 11 is 0. The standard InChI is InChI=1S/C52H95NO8/c1-3-5-7-9-11-13-15-17-18-19-20-21-22-23-24-25-26-27-28-30-32-34-36-38-40-42-48(56)53-45(44-60-52-51(59)50(58)49(57)47(43-54)61-52)46(55)41-39-37-35-33-31-29-16-14-12-10-8-6-4-2/h12,14,23-24,31,33,39,41,45-47,49-52,54-55,57-59H,3-11,13,15-22,25-30,32,34-38,40,42-44H2,1-2H3,(H,53,56)/b14-12+,24-23-,33-31+,41-39+. The summed E-state index contributed by atoms with van der Waals surface area (Å²) < 4.78 is 11.2. The minimum absolute atomic E-state index is 0.194. The van der Waals surface area contributed by atoms with E-state index in [0.29, 0.717) is 6.42 Å². The zero-order valence-electron chi connectivity index (χ0n) is 39.2. The van der Waals surface area contributed by atoms with Crippen molar-refractivity contribution in [2.45, 2.75) is 262 Å². The summed E-state index contributed by atoms with van der Waals surface area (Å²) in [5, 5.41) is 54.2. The molecule has 0 aromatic rings. The molecule has 9 nitrogen and oxygen atoms in total. The van der Waals surface area contributed by atoms with Crippen molar-refractivity contribution < 1.29 is 39.8 Å². The van der Waals surface area contributed by atoms with Gasteiger partial charge in [-0.1, -0.05) is 191 Å². The minimum atomic E-state index is -1.57.